The quantitative estimate of drug-likeness (QED) is 0.482. The van der Waals surface area contributed by atoms with Crippen LogP contribution in [0.25, 0.3) is 10.9 Å². The molecule has 25 heavy (non-hydrogen) atoms. The highest BCUT2D eigenvalue weighted by Gasteiger charge is 2.17. The maximum absolute atomic E-state index is 11.3. The zero-order valence-electron chi connectivity index (χ0n) is 14.0. The SMILES string of the molecule is COC(=O)C(N)Cc1c[nH]c2cccc(C=O)c12.Cn1nccc1O. The fraction of sp³-hybridized carbons (Fsp3) is 0.235. The molecule has 0 aliphatic carbocycles. The molecule has 4 N–H and O–H groups in total. The normalized spacial score (nSPS) is 11.5. The van der Waals surface area contributed by atoms with Crippen molar-refractivity contribution in [2.75, 3.05) is 7.11 Å². The van der Waals surface area contributed by atoms with Gasteiger partial charge in [0, 0.05) is 42.2 Å². The highest BCUT2D eigenvalue weighted by Crippen LogP contribution is 2.22. The van der Waals surface area contributed by atoms with Gasteiger partial charge in [0.15, 0.2) is 6.29 Å². The molecule has 0 saturated heterocycles. The Labute approximate surface area is 144 Å². The number of H-pyrrole nitrogens is 1. The number of aryl methyl sites for hydroxylation is 1. The number of aromatic amines is 1. The van der Waals surface area contributed by atoms with E-state index in [1.54, 1.807) is 25.4 Å². The molecule has 2 heterocycles. The maximum Gasteiger partial charge on any atom is 0.322 e. The Balaban J connectivity index is 0.000000269. The van der Waals surface area contributed by atoms with Crippen molar-refractivity contribution in [1.82, 2.24) is 14.8 Å². The standard InChI is InChI=1S/C13H14N2O3.C4H6N2O/c1-18-13(17)10(14)5-9-6-15-11-4-2-3-8(7-16)12(9)11;1-6-4(7)2-3-5-6/h2-4,6-7,10,15H,5,14H2,1H3;2-3,7H,1H3. The summed E-state index contributed by atoms with van der Waals surface area (Å²) in [5, 5.41) is 13.2. The van der Waals surface area contributed by atoms with E-state index in [1.165, 1.54) is 24.1 Å². The lowest BCUT2D eigenvalue weighted by molar-refractivity contribution is -0.142. The molecule has 8 heteroatoms. The molecule has 8 nitrogen and oxygen atoms in total. The number of benzene rings is 1. The number of methoxy groups -OCH3 is 1. The van der Waals surface area contributed by atoms with Gasteiger partial charge in [0.2, 0.25) is 5.88 Å². The Morgan fingerprint density at radius 1 is 1.48 bits per heavy atom. The van der Waals surface area contributed by atoms with Crippen LogP contribution in [0.4, 0.5) is 0 Å². The van der Waals surface area contributed by atoms with Crippen LogP contribution in [0.2, 0.25) is 0 Å². The minimum absolute atomic E-state index is 0.194. The predicted molar refractivity (Wildman–Crippen MR) is 92.3 cm³/mol. The van der Waals surface area contributed by atoms with Gasteiger partial charge in [0.05, 0.1) is 13.3 Å². The largest absolute Gasteiger partial charge is 0.493 e. The Bertz CT molecular complexity index is 852. The minimum atomic E-state index is -0.728. The number of aromatic hydroxyl groups is 1. The van der Waals surface area contributed by atoms with E-state index in [2.05, 4.69) is 14.8 Å². The van der Waals surface area contributed by atoms with E-state index < -0.39 is 12.0 Å². The number of fused-ring (bicyclic) bond motifs is 1. The molecule has 0 aliphatic rings. The van der Waals surface area contributed by atoms with Crippen LogP contribution in [0, 0.1) is 0 Å². The molecule has 132 valence electrons. The van der Waals surface area contributed by atoms with E-state index in [-0.39, 0.29) is 5.88 Å². The smallest absolute Gasteiger partial charge is 0.322 e. The minimum Gasteiger partial charge on any atom is -0.493 e. The third kappa shape index (κ3) is 4.24. The first-order valence-corrected chi connectivity index (χ1v) is 7.52. The fourth-order valence-corrected chi connectivity index (χ4v) is 2.38. The van der Waals surface area contributed by atoms with Crippen LogP contribution in [0.1, 0.15) is 15.9 Å². The second-order valence-corrected chi connectivity index (χ2v) is 5.35. The van der Waals surface area contributed by atoms with Crippen molar-refractivity contribution in [3.05, 3.63) is 47.8 Å². The molecule has 0 saturated carbocycles. The van der Waals surface area contributed by atoms with Crippen LogP contribution in [-0.2, 0) is 23.0 Å². The third-order valence-electron chi connectivity index (χ3n) is 3.69. The van der Waals surface area contributed by atoms with Gasteiger partial charge in [-0.15, -0.1) is 0 Å². The van der Waals surface area contributed by atoms with Crippen LogP contribution >= 0.6 is 0 Å². The molecular formula is C17H20N4O4. The van der Waals surface area contributed by atoms with Gasteiger partial charge < -0.3 is 20.6 Å². The molecule has 2 aromatic heterocycles. The molecule has 0 aliphatic heterocycles. The third-order valence-corrected chi connectivity index (χ3v) is 3.69. The monoisotopic (exact) mass is 344 g/mol. The number of nitrogens with two attached hydrogens (primary N) is 1. The summed E-state index contributed by atoms with van der Waals surface area (Å²) < 4.78 is 5.97. The maximum atomic E-state index is 11.3. The molecule has 0 bridgehead atoms. The molecule has 1 aromatic carbocycles. The van der Waals surface area contributed by atoms with Gasteiger partial charge in [-0.05, 0) is 11.6 Å². The van der Waals surface area contributed by atoms with E-state index >= 15 is 0 Å². The van der Waals surface area contributed by atoms with E-state index in [4.69, 9.17) is 10.8 Å². The summed E-state index contributed by atoms with van der Waals surface area (Å²) in [5.74, 6) is -0.270. The van der Waals surface area contributed by atoms with Crippen molar-refractivity contribution in [3.8, 4) is 5.88 Å². The topological polar surface area (TPSA) is 123 Å². The number of nitrogens with zero attached hydrogens (tertiary/aromatic N) is 2. The number of aldehydes is 1. The van der Waals surface area contributed by atoms with Gasteiger partial charge in [-0.25, -0.2) is 4.68 Å². The van der Waals surface area contributed by atoms with E-state index in [9.17, 15) is 9.59 Å². The van der Waals surface area contributed by atoms with Crippen molar-refractivity contribution in [3.63, 3.8) is 0 Å². The van der Waals surface area contributed by atoms with Crippen LogP contribution in [0.3, 0.4) is 0 Å². The lowest BCUT2D eigenvalue weighted by atomic mass is 10.0. The number of hydrogen-bond acceptors (Lipinski definition) is 6. The van der Waals surface area contributed by atoms with Crippen molar-refractivity contribution in [1.29, 1.82) is 0 Å². The second kappa shape index (κ2) is 8.11. The zero-order chi connectivity index (χ0) is 18.4. The molecule has 0 spiro atoms. The van der Waals surface area contributed by atoms with Gasteiger partial charge in [0.25, 0.3) is 0 Å². The molecule has 3 aromatic rings. The average Bonchev–Trinajstić information content (AvgIpc) is 3.20. The number of esters is 1. The fourth-order valence-electron chi connectivity index (χ4n) is 2.38. The Morgan fingerprint density at radius 3 is 2.76 bits per heavy atom. The van der Waals surface area contributed by atoms with Crippen LogP contribution < -0.4 is 5.73 Å². The Morgan fingerprint density at radius 2 is 2.24 bits per heavy atom. The first-order chi connectivity index (χ1) is 12.0. The van der Waals surface area contributed by atoms with Crippen molar-refractivity contribution < 1.29 is 19.4 Å². The number of rotatable bonds is 4. The van der Waals surface area contributed by atoms with Crippen LogP contribution in [0.5, 0.6) is 5.88 Å². The number of ether oxygens (including phenoxy) is 1. The summed E-state index contributed by atoms with van der Waals surface area (Å²) in [4.78, 5) is 25.4. The molecule has 3 rings (SSSR count). The molecule has 0 amide bonds. The lowest BCUT2D eigenvalue weighted by Gasteiger charge is -2.08. The summed E-state index contributed by atoms with van der Waals surface area (Å²) in [6.07, 6.45) is 4.43. The van der Waals surface area contributed by atoms with Crippen molar-refractivity contribution >= 4 is 23.2 Å². The lowest BCUT2D eigenvalue weighted by Crippen LogP contribution is -2.33. The summed E-state index contributed by atoms with van der Waals surface area (Å²) in [7, 11) is 2.98. The van der Waals surface area contributed by atoms with E-state index in [1.807, 2.05) is 6.07 Å². The number of carbonyl (C=O) groups excluding carboxylic acids is 2. The average molecular weight is 344 g/mol. The predicted octanol–water partition coefficient (Wildman–Crippen LogP) is 1.15. The Hall–Kier alpha value is -3.13. The molecule has 0 radical (unpaired) electrons. The second-order valence-electron chi connectivity index (χ2n) is 5.35. The summed E-state index contributed by atoms with van der Waals surface area (Å²) in [6.45, 7) is 0. The van der Waals surface area contributed by atoms with E-state index in [0.717, 1.165) is 22.8 Å². The van der Waals surface area contributed by atoms with Crippen LogP contribution in [0.15, 0.2) is 36.7 Å². The number of aromatic nitrogens is 3. The highest BCUT2D eigenvalue weighted by atomic mass is 16.5. The molecular weight excluding hydrogens is 324 g/mol. The van der Waals surface area contributed by atoms with E-state index in [0.29, 0.717) is 12.0 Å². The molecule has 1 unspecified atom stereocenters. The van der Waals surface area contributed by atoms with Crippen LogP contribution in [-0.4, -0.2) is 45.3 Å². The van der Waals surface area contributed by atoms with Gasteiger partial charge in [0.1, 0.15) is 6.04 Å². The number of nitrogens with one attached hydrogen (secondary N) is 1. The van der Waals surface area contributed by atoms with Crippen molar-refractivity contribution in [2.24, 2.45) is 12.8 Å². The summed E-state index contributed by atoms with van der Waals surface area (Å²) >= 11 is 0. The first-order valence-electron chi connectivity index (χ1n) is 7.52. The van der Waals surface area contributed by atoms with Gasteiger partial charge in [-0.2, -0.15) is 5.10 Å². The first kappa shape index (κ1) is 18.2. The summed E-state index contributed by atoms with van der Waals surface area (Å²) in [6, 6.07) is 6.20. The van der Waals surface area contributed by atoms with Gasteiger partial charge in [-0.3, -0.25) is 9.59 Å². The van der Waals surface area contributed by atoms with Gasteiger partial charge >= 0.3 is 5.97 Å². The van der Waals surface area contributed by atoms with Gasteiger partial charge in [-0.1, -0.05) is 12.1 Å². The molecule has 0 fully saturated rings. The molecule has 1 atom stereocenters. The van der Waals surface area contributed by atoms with Crippen molar-refractivity contribution in [2.45, 2.75) is 12.5 Å². The number of hydrogen-bond donors (Lipinski definition) is 3. The Kier molecular flexibility index (Phi) is 5.91. The summed E-state index contributed by atoms with van der Waals surface area (Å²) in [5.41, 5.74) is 8.00. The highest BCUT2D eigenvalue weighted by molar-refractivity contribution is 5.99. The zero-order valence-corrected chi connectivity index (χ0v) is 14.0. The number of carbonyl (C=O) groups is 2.